The molecule has 0 unspecified atom stereocenters. The molecular weight excluding hydrogens is 236 g/mol. The highest BCUT2D eigenvalue weighted by atomic mass is 16.4. The Hall–Kier alpha value is -1.66. The Balaban J connectivity index is 1.95. The van der Waals surface area contributed by atoms with Crippen molar-refractivity contribution < 1.29 is 14.3 Å². The maximum absolute atomic E-state index is 12.1. The number of piperazine rings is 1. The molecule has 1 saturated heterocycles. The lowest BCUT2D eigenvalue weighted by Crippen LogP contribution is -2.49. The summed E-state index contributed by atoms with van der Waals surface area (Å²) in [6, 6.07) is 2.73. The minimum Gasteiger partial charge on any atom is -0.430 e. The van der Waals surface area contributed by atoms with Crippen molar-refractivity contribution in [1.82, 2.24) is 9.80 Å². The molecule has 0 atom stereocenters. The number of nitrogens with zero attached hydrogens (tertiary/aromatic N) is 2. The highest BCUT2D eigenvalue weighted by Crippen LogP contribution is 2.07. The molecule has 6 nitrogen and oxygen atoms in total. The monoisotopic (exact) mass is 252 g/mol. The molecule has 1 aliphatic heterocycles. The van der Waals surface area contributed by atoms with Crippen LogP contribution in [0.3, 0.4) is 0 Å². The van der Waals surface area contributed by atoms with E-state index in [9.17, 15) is 9.59 Å². The highest BCUT2D eigenvalue weighted by molar-refractivity contribution is 5.93. The molecule has 2 heterocycles. The molecule has 1 aliphatic rings. The number of β-amino-alcohol motifs (C(OH)–C–C–N with tert-alkyl or cyclic N) is 1. The van der Waals surface area contributed by atoms with Gasteiger partial charge in [-0.25, -0.2) is 4.79 Å². The lowest BCUT2D eigenvalue weighted by atomic mass is 10.2. The number of hydrogen-bond donors (Lipinski definition) is 1. The summed E-state index contributed by atoms with van der Waals surface area (Å²) >= 11 is 0. The van der Waals surface area contributed by atoms with E-state index in [4.69, 9.17) is 5.11 Å². The smallest absolute Gasteiger partial charge is 0.335 e. The van der Waals surface area contributed by atoms with E-state index in [-0.39, 0.29) is 12.5 Å². The standard InChI is InChI=1S/C12H16N2O4/c15-8-7-13-3-5-14(6-4-13)12(17)10-1-2-11(16)18-9-10/h1-2,9,15H,3-8H2. The molecule has 0 spiro atoms. The van der Waals surface area contributed by atoms with Gasteiger partial charge in [0.2, 0.25) is 0 Å². The van der Waals surface area contributed by atoms with Crippen LogP contribution in [0.5, 0.6) is 0 Å². The Bertz CT molecular complexity index is 443. The van der Waals surface area contributed by atoms with Crippen molar-refractivity contribution in [2.45, 2.75) is 0 Å². The van der Waals surface area contributed by atoms with Gasteiger partial charge in [-0.2, -0.15) is 0 Å². The predicted octanol–water partition coefficient (Wildman–Crippen LogP) is -0.610. The van der Waals surface area contributed by atoms with Gasteiger partial charge in [0.05, 0.1) is 12.2 Å². The molecular formula is C12H16N2O4. The topological polar surface area (TPSA) is 74.0 Å². The Morgan fingerprint density at radius 1 is 1.28 bits per heavy atom. The van der Waals surface area contributed by atoms with E-state index < -0.39 is 5.63 Å². The minimum absolute atomic E-state index is 0.123. The third kappa shape index (κ3) is 2.96. The van der Waals surface area contributed by atoms with Crippen molar-refractivity contribution in [3.63, 3.8) is 0 Å². The second-order valence-corrected chi connectivity index (χ2v) is 4.20. The number of carbonyl (C=O) groups excluding carboxylic acids is 1. The fourth-order valence-electron chi connectivity index (χ4n) is 1.98. The lowest BCUT2D eigenvalue weighted by molar-refractivity contribution is 0.0612. The molecule has 98 valence electrons. The van der Waals surface area contributed by atoms with Crippen molar-refractivity contribution in [3.05, 3.63) is 34.4 Å². The number of aliphatic hydroxyl groups is 1. The van der Waals surface area contributed by atoms with Crippen LogP contribution in [0.2, 0.25) is 0 Å². The largest absolute Gasteiger partial charge is 0.430 e. The van der Waals surface area contributed by atoms with Gasteiger partial charge in [-0.15, -0.1) is 0 Å². The second-order valence-electron chi connectivity index (χ2n) is 4.20. The average Bonchev–Trinajstić information content (AvgIpc) is 2.40. The van der Waals surface area contributed by atoms with Crippen LogP contribution in [0.15, 0.2) is 27.6 Å². The van der Waals surface area contributed by atoms with E-state index in [1.165, 1.54) is 18.4 Å². The third-order valence-electron chi connectivity index (χ3n) is 3.02. The Kier molecular flexibility index (Phi) is 4.11. The molecule has 0 aliphatic carbocycles. The van der Waals surface area contributed by atoms with Gasteiger partial charge in [0.25, 0.3) is 5.91 Å². The lowest BCUT2D eigenvalue weighted by Gasteiger charge is -2.34. The van der Waals surface area contributed by atoms with Crippen molar-refractivity contribution >= 4 is 5.91 Å². The van der Waals surface area contributed by atoms with Crippen molar-refractivity contribution in [2.24, 2.45) is 0 Å². The Morgan fingerprint density at radius 3 is 2.56 bits per heavy atom. The zero-order valence-corrected chi connectivity index (χ0v) is 10.0. The van der Waals surface area contributed by atoms with Crippen molar-refractivity contribution in [1.29, 1.82) is 0 Å². The van der Waals surface area contributed by atoms with Crippen LogP contribution in [-0.2, 0) is 0 Å². The van der Waals surface area contributed by atoms with Gasteiger partial charge >= 0.3 is 5.63 Å². The highest BCUT2D eigenvalue weighted by Gasteiger charge is 2.21. The molecule has 18 heavy (non-hydrogen) atoms. The summed E-state index contributed by atoms with van der Waals surface area (Å²) in [5.74, 6) is -0.123. The molecule has 1 aromatic heterocycles. The number of aliphatic hydroxyl groups excluding tert-OH is 1. The first-order chi connectivity index (χ1) is 8.70. The van der Waals surface area contributed by atoms with E-state index in [0.717, 1.165) is 13.1 Å². The maximum Gasteiger partial charge on any atom is 0.335 e. The van der Waals surface area contributed by atoms with Crippen LogP contribution in [0, 0.1) is 0 Å². The fraction of sp³-hybridized carbons (Fsp3) is 0.500. The summed E-state index contributed by atoms with van der Waals surface area (Å²) in [5, 5.41) is 8.83. The Morgan fingerprint density at radius 2 is 2.00 bits per heavy atom. The molecule has 1 amide bonds. The van der Waals surface area contributed by atoms with Gasteiger partial charge in [0, 0.05) is 38.8 Å². The van der Waals surface area contributed by atoms with Crippen LogP contribution in [0.25, 0.3) is 0 Å². The quantitative estimate of drug-likeness (QED) is 0.777. The van der Waals surface area contributed by atoms with Gasteiger partial charge in [-0.1, -0.05) is 0 Å². The summed E-state index contributed by atoms with van der Waals surface area (Å²) in [5.41, 5.74) is -0.0653. The van der Waals surface area contributed by atoms with Gasteiger partial charge in [0.1, 0.15) is 6.26 Å². The zero-order valence-electron chi connectivity index (χ0n) is 10.0. The van der Waals surface area contributed by atoms with Gasteiger partial charge in [-0.05, 0) is 6.07 Å². The van der Waals surface area contributed by atoms with Crippen LogP contribution in [0.1, 0.15) is 10.4 Å². The summed E-state index contributed by atoms with van der Waals surface area (Å²) in [4.78, 5) is 26.7. The summed E-state index contributed by atoms with van der Waals surface area (Å²) in [6.07, 6.45) is 1.20. The molecule has 2 rings (SSSR count). The van der Waals surface area contributed by atoms with Crippen LogP contribution in [0.4, 0.5) is 0 Å². The first kappa shape index (κ1) is 12.8. The molecule has 1 aromatic rings. The summed E-state index contributed by atoms with van der Waals surface area (Å²) in [7, 11) is 0. The number of rotatable bonds is 3. The van der Waals surface area contributed by atoms with E-state index >= 15 is 0 Å². The van der Waals surface area contributed by atoms with Gasteiger partial charge < -0.3 is 14.4 Å². The molecule has 0 radical (unpaired) electrons. The van der Waals surface area contributed by atoms with E-state index in [1.54, 1.807) is 4.90 Å². The normalized spacial score (nSPS) is 16.8. The van der Waals surface area contributed by atoms with Crippen LogP contribution < -0.4 is 5.63 Å². The number of hydrogen-bond acceptors (Lipinski definition) is 5. The Labute approximate surface area is 104 Å². The van der Waals surface area contributed by atoms with E-state index in [1.807, 2.05) is 0 Å². The number of carbonyl (C=O) groups is 1. The van der Waals surface area contributed by atoms with Crippen molar-refractivity contribution in [2.75, 3.05) is 39.3 Å². The van der Waals surface area contributed by atoms with Crippen LogP contribution in [-0.4, -0.2) is 60.1 Å². The predicted molar refractivity (Wildman–Crippen MR) is 64.4 cm³/mol. The summed E-state index contributed by atoms with van der Waals surface area (Å²) < 4.78 is 4.68. The van der Waals surface area contributed by atoms with Crippen molar-refractivity contribution in [3.8, 4) is 0 Å². The molecule has 1 fully saturated rings. The number of amides is 1. The molecule has 6 heteroatoms. The SMILES string of the molecule is O=C(c1ccc(=O)oc1)N1CCN(CCO)CC1. The van der Waals surface area contributed by atoms with Gasteiger partial charge in [0.15, 0.2) is 0 Å². The van der Waals surface area contributed by atoms with E-state index in [0.29, 0.717) is 25.2 Å². The summed E-state index contributed by atoms with van der Waals surface area (Å²) in [6.45, 7) is 3.53. The molecule has 0 aromatic carbocycles. The maximum atomic E-state index is 12.1. The van der Waals surface area contributed by atoms with Gasteiger partial charge in [-0.3, -0.25) is 9.69 Å². The van der Waals surface area contributed by atoms with E-state index in [2.05, 4.69) is 9.32 Å². The van der Waals surface area contributed by atoms with Crippen LogP contribution >= 0.6 is 0 Å². The minimum atomic E-state index is -0.459. The molecule has 0 saturated carbocycles. The zero-order chi connectivity index (χ0) is 13.0. The molecule has 1 N–H and O–H groups in total. The fourth-order valence-corrected chi connectivity index (χ4v) is 1.98. The molecule has 0 bridgehead atoms. The average molecular weight is 252 g/mol. The third-order valence-corrected chi connectivity index (χ3v) is 3.02. The first-order valence-electron chi connectivity index (χ1n) is 5.92. The second kappa shape index (κ2) is 5.79. The first-order valence-corrected chi connectivity index (χ1v) is 5.92.